The van der Waals surface area contributed by atoms with Crippen molar-refractivity contribution in [3.05, 3.63) is 134 Å². The van der Waals surface area contributed by atoms with Crippen LogP contribution in [0.15, 0.2) is 109 Å². The molecule has 0 bridgehead atoms. The Morgan fingerprint density at radius 1 is 0.978 bits per heavy atom. The van der Waals surface area contributed by atoms with Crippen LogP contribution in [0.5, 0.6) is 0 Å². The fourth-order valence-corrected chi connectivity index (χ4v) is 6.91. The molecule has 0 amide bonds. The summed E-state index contributed by atoms with van der Waals surface area (Å²) in [6.45, 7) is 7.76. The van der Waals surface area contributed by atoms with E-state index in [9.17, 15) is 0 Å². The Morgan fingerprint density at radius 3 is 2.48 bits per heavy atom. The summed E-state index contributed by atoms with van der Waals surface area (Å²) >= 11 is 0. The molecule has 4 aromatic rings. The van der Waals surface area contributed by atoms with Gasteiger partial charge >= 0.3 is 17.1 Å². The van der Waals surface area contributed by atoms with Gasteiger partial charge in [0.25, 0.3) is 0 Å². The Morgan fingerprint density at radius 2 is 1.72 bits per heavy atom. The molecule has 46 heavy (non-hydrogen) atoms. The smallest absolute Gasteiger partial charge is 0.483 e. The molecular weight excluding hydrogens is 612 g/mol. The molecule has 2 aliphatic rings. The molecular formula is C38H48FeN6O+3. The summed E-state index contributed by atoms with van der Waals surface area (Å²) in [5.74, 6) is 0.743. The molecule has 7 nitrogen and oxygen atoms in total. The molecule has 1 aliphatic heterocycles. The Kier molecular flexibility index (Phi) is 12.9. The predicted octanol–water partition coefficient (Wildman–Crippen LogP) is 6.12. The molecule has 0 saturated heterocycles. The molecule has 1 unspecified atom stereocenters. The maximum absolute atomic E-state index is 5.97. The summed E-state index contributed by atoms with van der Waals surface area (Å²) in [5.41, 5.74) is 4.57. The van der Waals surface area contributed by atoms with Crippen molar-refractivity contribution in [3.8, 4) is 0 Å². The van der Waals surface area contributed by atoms with Crippen molar-refractivity contribution in [2.45, 2.75) is 70.7 Å². The first-order chi connectivity index (χ1) is 21.6. The molecule has 2 atom stereocenters. The van der Waals surface area contributed by atoms with E-state index in [2.05, 4.69) is 93.7 Å². The summed E-state index contributed by atoms with van der Waals surface area (Å²) in [6.07, 6.45) is 11.1. The quantitative estimate of drug-likeness (QED) is 0.0714. The normalized spacial score (nSPS) is 18.5. The zero-order chi connectivity index (χ0) is 30.3. The van der Waals surface area contributed by atoms with Gasteiger partial charge in [-0.3, -0.25) is 19.4 Å². The molecule has 0 spiro atoms. The Bertz CT molecular complexity index is 1530. The third kappa shape index (κ3) is 8.23. The average molecular weight is 661 g/mol. The van der Waals surface area contributed by atoms with Gasteiger partial charge in [0.2, 0.25) is 5.90 Å². The summed E-state index contributed by atoms with van der Waals surface area (Å²) < 4.78 is 10.7. The molecule has 8 heteroatoms. The molecule has 1 fully saturated rings. The number of benzene rings is 1. The fourth-order valence-electron chi connectivity index (χ4n) is 6.91. The van der Waals surface area contributed by atoms with Crippen molar-refractivity contribution in [3.63, 3.8) is 0 Å². The van der Waals surface area contributed by atoms with Gasteiger partial charge in [0.05, 0.1) is 38.6 Å². The zero-order valence-electron chi connectivity index (χ0n) is 27.6. The molecule has 1 aromatic carbocycles. The summed E-state index contributed by atoms with van der Waals surface area (Å²) in [5, 5.41) is 0. The SMILES string of the molecule is COC(CN(Cc1cccc[n+]1C(C)C)C1CCCC[C@@H]1N1Cc2cccc[n+]2[C-](c2ccccn2)C1)=Nc1ccccc1.[CH3-].[Fe+3]. The number of aliphatic imine (C=N–C) groups is 1. The van der Waals surface area contributed by atoms with E-state index >= 15 is 0 Å². The third-order valence-corrected chi connectivity index (χ3v) is 9.03. The predicted molar refractivity (Wildman–Crippen MR) is 179 cm³/mol. The van der Waals surface area contributed by atoms with Crippen LogP contribution in [0.2, 0.25) is 0 Å². The first-order valence-electron chi connectivity index (χ1n) is 16.0. The second-order valence-corrected chi connectivity index (χ2v) is 12.2. The van der Waals surface area contributed by atoms with Gasteiger partial charge in [-0.1, -0.05) is 55.3 Å². The monoisotopic (exact) mass is 660 g/mol. The molecule has 3 aromatic heterocycles. The van der Waals surface area contributed by atoms with Crippen molar-refractivity contribution in [2.75, 3.05) is 20.2 Å². The number of hydrogen-bond acceptors (Lipinski definition) is 5. The van der Waals surface area contributed by atoms with E-state index < -0.39 is 0 Å². The second kappa shape index (κ2) is 16.8. The van der Waals surface area contributed by atoms with Crippen molar-refractivity contribution >= 4 is 11.6 Å². The third-order valence-electron chi connectivity index (χ3n) is 9.03. The molecule has 4 heterocycles. The number of methoxy groups -OCH3 is 1. The molecule has 0 N–H and O–H groups in total. The van der Waals surface area contributed by atoms with Crippen LogP contribution in [-0.4, -0.2) is 53.0 Å². The van der Waals surface area contributed by atoms with E-state index in [1.165, 1.54) is 36.7 Å². The summed E-state index contributed by atoms with van der Waals surface area (Å²) in [4.78, 5) is 15.1. The standard InChI is InChI=1S/C37H45N6O.CH3.Fe/c1-29(2)42-23-13-10-17-31(42)25-41(28-37(44-3)39-30-15-5-4-6-16-30)35-21-8-7-20-34(35)40-26-32-18-11-14-24-43(32)36(27-40)33-19-9-12-22-38-33;;/h4-6,9-19,22-24,29,34-35H,7-8,20-21,25-28H2,1-3H3;1H3;/q+1;-1;+3/t34-,35?;;/m0../s1. The zero-order valence-corrected chi connectivity index (χ0v) is 28.8. The molecule has 1 radical (unpaired) electrons. The number of para-hydroxylation sites is 1. The number of nitrogens with zero attached hydrogens (tertiary/aromatic N) is 6. The molecule has 241 valence electrons. The molecule has 6 rings (SSSR count). The maximum atomic E-state index is 5.97. The topological polar surface area (TPSA) is 48.7 Å². The molecule has 1 saturated carbocycles. The van der Waals surface area contributed by atoms with Gasteiger partial charge in [-0.2, -0.15) is 4.57 Å². The van der Waals surface area contributed by atoms with Gasteiger partial charge < -0.3 is 12.2 Å². The van der Waals surface area contributed by atoms with Gasteiger partial charge in [-0.15, -0.1) is 6.07 Å². The van der Waals surface area contributed by atoms with Crippen LogP contribution in [0, 0.1) is 13.5 Å². The number of pyridine rings is 3. The van der Waals surface area contributed by atoms with Gasteiger partial charge in [0.1, 0.15) is 11.7 Å². The van der Waals surface area contributed by atoms with E-state index in [-0.39, 0.29) is 24.5 Å². The van der Waals surface area contributed by atoms with Gasteiger partial charge in [0, 0.05) is 42.7 Å². The largest absolute Gasteiger partial charge is 3.00 e. The van der Waals surface area contributed by atoms with E-state index in [0.29, 0.717) is 24.7 Å². The van der Waals surface area contributed by atoms with Crippen LogP contribution >= 0.6 is 0 Å². The minimum Gasteiger partial charge on any atom is -0.483 e. The Labute approximate surface area is 286 Å². The van der Waals surface area contributed by atoms with Gasteiger partial charge in [0.15, 0.2) is 17.9 Å². The fraction of sp³-hybridized carbons (Fsp3) is 0.368. The van der Waals surface area contributed by atoms with Gasteiger partial charge in [-0.05, 0) is 51.0 Å². The van der Waals surface area contributed by atoms with Crippen LogP contribution in [0.3, 0.4) is 0 Å². The Hall–Kier alpha value is -3.55. The van der Waals surface area contributed by atoms with E-state index in [4.69, 9.17) is 14.7 Å². The maximum Gasteiger partial charge on any atom is 3.00 e. The molecule has 1 aliphatic carbocycles. The van der Waals surface area contributed by atoms with Gasteiger partial charge in [-0.25, -0.2) is 4.99 Å². The average Bonchev–Trinajstić information content (AvgIpc) is 3.08. The van der Waals surface area contributed by atoms with Crippen molar-refractivity contribution in [2.24, 2.45) is 4.99 Å². The Balaban J connectivity index is 0.00000240. The number of hydrogen-bond donors (Lipinski definition) is 0. The van der Waals surface area contributed by atoms with Crippen LogP contribution in [-0.2, 0) is 34.9 Å². The summed E-state index contributed by atoms with van der Waals surface area (Å²) in [7, 11) is 1.75. The van der Waals surface area contributed by atoms with Crippen molar-refractivity contribution < 1.29 is 30.9 Å². The van der Waals surface area contributed by atoms with E-state index in [1.54, 1.807) is 7.11 Å². The van der Waals surface area contributed by atoms with Crippen molar-refractivity contribution in [1.82, 2.24) is 14.8 Å². The number of ether oxygens (including phenoxy) is 1. The van der Waals surface area contributed by atoms with Crippen molar-refractivity contribution in [1.29, 1.82) is 0 Å². The minimum atomic E-state index is 0. The van der Waals surface area contributed by atoms with E-state index in [0.717, 1.165) is 43.3 Å². The first kappa shape index (κ1) is 35.3. The minimum absolute atomic E-state index is 0. The number of rotatable bonds is 9. The number of fused-ring (bicyclic) bond motifs is 1. The van der Waals surface area contributed by atoms with Crippen LogP contribution in [0.25, 0.3) is 0 Å². The number of aromatic nitrogens is 3. The summed E-state index contributed by atoms with van der Waals surface area (Å²) in [6, 6.07) is 31.8. The first-order valence-corrected chi connectivity index (χ1v) is 16.0. The van der Waals surface area contributed by atoms with Crippen LogP contribution in [0.4, 0.5) is 5.69 Å². The van der Waals surface area contributed by atoms with Crippen LogP contribution in [0.1, 0.15) is 62.7 Å². The van der Waals surface area contributed by atoms with Crippen LogP contribution < -0.4 is 9.13 Å². The van der Waals surface area contributed by atoms with E-state index in [1.807, 2.05) is 42.6 Å². The second-order valence-electron chi connectivity index (χ2n) is 12.2.